The molecule has 1 amide bonds. The van der Waals surface area contributed by atoms with Crippen LogP contribution in [-0.2, 0) is 19.0 Å². The van der Waals surface area contributed by atoms with Crippen LogP contribution in [0.5, 0.6) is 0 Å². The van der Waals surface area contributed by atoms with Crippen molar-refractivity contribution in [3.05, 3.63) is 0 Å². The zero-order valence-electron chi connectivity index (χ0n) is 11.8. The van der Waals surface area contributed by atoms with Crippen LogP contribution in [0, 0.1) is 0 Å². The highest BCUT2D eigenvalue weighted by atomic mass is 35.5. The van der Waals surface area contributed by atoms with E-state index in [1.807, 2.05) is 0 Å². The van der Waals surface area contributed by atoms with E-state index in [0.29, 0.717) is 26.4 Å². The normalized spacial score (nSPS) is 10.6. The zero-order valence-corrected chi connectivity index (χ0v) is 12.5. The van der Waals surface area contributed by atoms with Crippen molar-refractivity contribution in [2.45, 2.75) is 25.7 Å². The molecule has 0 aliphatic carbocycles. The van der Waals surface area contributed by atoms with E-state index >= 15 is 0 Å². The average molecular weight is 296 g/mol. The minimum atomic E-state index is -0.126. The van der Waals surface area contributed by atoms with Gasteiger partial charge in [-0.15, -0.1) is 11.6 Å². The third kappa shape index (κ3) is 15.6. The number of amides is 1. The number of rotatable bonds is 14. The lowest BCUT2D eigenvalue weighted by molar-refractivity contribution is -0.124. The van der Waals surface area contributed by atoms with Crippen LogP contribution >= 0.6 is 11.6 Å². The Balaban J connectivity index is 3.01. The summed E-state index contributed by atoms with van der Waals surface area (Å²) >= 11 is 5.58. The molecular weight excluding hydrogens is 270 g/mol. The molecule has 5 nitrogen and oxygen atoms in total. The molecule has 0 rings (SSSR count). The van der Waals surface area contributed by atoms with Gasteiger partial charge in [0.1, 0.15) is 6.61 Å². The number of halogens is 1. The van der Waals surface area contributed by atoms with E-state index in [1.54, 1.807) is 0 Å². The monoisotopic (exact) mass is 295 g/mol. The van der Waals surface area contributed by atoms with Gasteiger partial charge in [-0.1, -0.05) is 12.8 Å². The molecule has 0 radical (unpaired) electrons. The number of hydrogen-bond acceptors (Lipinski definition) is 4. The van der Waals surface area contributed by atoms with E-state index in [-0.39, 0.29) is 12.5 Å². The molecule has 0 aliphatic rings. The fourth-order valence-electron chi connectivity index (χ4n) is 1.42. The number of ether oxygens (including phenoxy) is 3. The summed E-state index contributed by atoms with van der Waals surface area (Å²) < 4.78 is 15.4. The van der Waals surface area contributed by atoms with Gasteiger partial charge in [-0.3, -0.25) is 4.79 Å². The molecule has 0 heterocycles. The van der Waals surface area contributed by atoms with Gasteiger partial charge in [-0.25, -0.2) is 0 Å². The Labute approximate surface area is 120 Å². The summed E-state index contributed by atoms with van der Waals surface area (Å²) in [6.07, 6.45) is 4.49. The minimum absolute atomic E-state index is 0.0901. The van der Waals surface area contributed by atoms with E-state index in [4.69, 9.17) is 21.1 Å². The summed E-state index contributed by atoms with van der Waals surface area (Å²) in [5.41, 5.74) is 0. The summed E-state index contributed by atoms with van der Waals surface area (Å²) in [6.45, 7) is 3.02. The fraction of sp³-hybridized carbons (Fsp3) is 0.923. The van der Waals surface area contributed by atoms with Gasteiger partial charge in [-0.05, 0) is 12.8 Å². The van der Waals surface area contributed by atoms with Crippen LogP contribution in [0.15, 0.2) is 0 Å². The quantitative estimate of drug-likeness (QED) is 0.390. The number of unbranched alkanes of at least 4 members (excludes halogenated alkanes) is 3. The van der Waals surface area contributed by atoms with Gasteiger partial charge in [-0.2, -0.15) is 0 Å². The van der Waals surface area contributed by atoms with E-state index in [9.17, 15) is 4.79 Å². The van der Waals surface area contributed by atoms with Crippen LogP contribution in [0.25, 0.3) is 0 Å². The molecule has 0 aromatic rings. The predicted octanol–water partition coefficient (Wildman–Crippen LogP) is 1.58. The average Bonchev–Trinajstić information content (AvgIpc) is 2.40. The second-order valence-electron chi connectivity index (χ2n) is 4.11. The van der Waals surface area contributed by atoms with Gasteiger partial charge in [0, 0.05) is 26.1 Å². The molecule has 6 heteroatoms. The summed E-state index contributed by atoms with van der Waals surface area (Å²) in [5.74, 6) is 0.620. The molecule has 0 aromatic carbocycles. The van der Waals surface area contributed by atoms with Crippen LogP contribution in [0.2, 0.25) is 0 Å². The maximum absolute atomic E-state index is 11.0. The van der Waals surface area contributed by atoms with Crippen LogP contribution in [0.3, 0.4) is 0 Å². The molecule has 0 fully saturated rings. The fourth-order valence-corrected chi connectivity index (χ4v) is 1.61. The topological polar surface area (TPSA) is 56.8 Å². The molecule has 0 aromatic heterocycles. The Morgan fingerprint density at radius 2 is 1.68 bits per heavy atom. The molecule has 1 N–H and O–H groups in total. The van der Waals surface area contributed by atoms with Gasteiger partial charge >= 0.3 is 0 Å². The standard InChI is InChI=1S/C13H26ClNO4/c1-17-12-13(16)15-7-9-19-11-10-18-8-5-3-2-4-6-14/h2-12H2,1H3,(H,15,16). The molecule has 0 saturated carbocycles. The van der Waals surface area contributed by atoms with Crippen LogP contribution < -0.4 is 5.32 Å². The second kappa shape index (κ2) is 15.7. The number of methoxy groups -OCH3 is 1. The van der Waals surface area contributed by atoms with Crippen LogP contribution in [0.4, 0.5) is 0 Å². The van der Waals surface area contributed by atoms with E-state index in [0.717, 1.165) is 25.3 Å². The first-order valence-corrected chi connectivity index (χ1v) is 7.31. The Morgan fingerprint density at radius 1 is 1.00 bits per heavy atom. The van der Waals surface area contributed by atoms with E-state index in [2.05, 4.69) is 10.1 Å². The van der Waals surface area contributed by atoms with Gasteiger partial charge in [0.15, 0.2) is 0 Å². The van der Waals surface area contributed by atoms with Gasteiger partial charge in [0.25, 0.3) is 0 Å². The van der Waals surface area contributed by atoms with Crippen molar-refractivity contribution < 1.29 is 19.0 Å². The van der Waals surface area contributed by atoms with Crippen molar-refractivity contribution in [1.29, 1.82) is 0 Å². The number of carbonyl (C=O) groups is 1. The maximum Gasteiger partial charge on any atom is 0.246 e. The number of nitrogens with one attached hydrogen (secondary N) is 1. The number of hydrogen-bond donors (Lipinski definition) is 1. The molecule has 0 bridgehead atoms. The van der Waals surface area contributed by atoms with Gasteiger partial charge in [0.05, 0.1) is 19.8 Å². The first-order valence-electron chi connectivity index (χ1n) is 6.78. The van der Waals surface area contributed by atoms with Crippen molar-refractivity contribution in [3.8, 4) is 0 Å². The number of carbonyl (C=O) groups excluding carboxylic acids is 1. The Hall–Kier alpha value is -0.360. The van der Waals surface area contributed by atoms with E-state index in [1.165, 1.54) is 20.0 Å². The third-order valence-corrected chi connectivity index (χ3v) is 2.66. The predicted molar refractivity (Wildman–Crippen MR) is 75.7 cm³/mol. The lowest BCUT2D eigenvalue weighted by Crippen LogP contribution is -2.30. The van der Waals surface area contributed by atoms with Gasteiger partial charge < -0.3 is 19.5 Å². The molecule has 0 spiro atoms. The SMILES string of the molecule is COCC(=O)NCCOCCOCCCCCCCl. The largest absolute Gasteiger partial charge is 0.379 e. The minimum Gasteiger partial charge on any atom is -0.379 e. The van der Waals surface area contributed by atoms with Gasteiger partial charge in [0.2, 0.25) is 5.91 Å². The highest BCUT2D eigenvalue weighted by molar-refractivity contribution is 6.17. The van der Waals surface area contributed by atoms with E-state index < -0.39 is 0 Å². The summed E-state index contributed by atoms with van der Waals surface area (Å²) in [6, 6.07) is 0. The van der Waals surface area contributed by atoms with Crippen molar-refractivity contribution in [2.24, 2.45) is 0 Å². The summed E-state index contributed by atoms with van der Waals surface area (Å²) in [7, 11) is 1.49. The molecule has 0 atom stereocenters. The van der Waals surface area contributed by atoms with Crippen LogP contribution in [-0.4, -0.2) is 58.5 Å². The smallest absolute Gasteiger partial charge is 0.246 e. The van der Waals surface area contributed by atoms with Crippen molar-refractivity contribution >= 4 is 17.5 Å². The lowest BCUT2D eigenvalue weighted by Gasteiger charge is -2.07. The molecule has 114 valence electrons. The first kappa shape index (κ1) is 18.6. The Bertz CT molecular complexity index is 205. The van der Waals surface area contributed by atoms with Crippen molar-refractivity contribution in [1.82, 2.24) is 5.32 Å². The van der Waals surface area contributed by atoms with Crippen molar-refractivity contribution in [3.63, 3.8) is 0 Å². The first-order chi connectivity index (χ1) is 9.31. The molecular formula is C13H26ClNO4. The second-order valence-corrected chi connectivity index (χ2v) is 4.49. The summed E-state index contributed by atoms with van der Waals surface area (Å²) in [4.78, 5) is 11.0. The molecule has 0 unspecified atom stereocenters. The Morgan fingerprint density at radius 3 is 2.37 bits per heavy atom. The molecule has 0 saturated heterocycles. The zero-order chi connectivity index (χ0) is 14.2. The van der Waals surface area contributed by atoms with Crippen molar-refractivity contribution in [2.75, 3.05) is 52.6 Å². The Kier molecular flexibility index (Phi) is 15.4. The third-order valence-electron chi connectivity index (χ3n) is 2.39. The maximum atomic E-state index is 11.0. The highest BCUT2D eigenvalue weighted by Crippen LogP contribution is 2.00. The molecule has 0 aliphatic heterocycles. The highest BCUT2D eigenvalue weighted by Gasteiger charge is 1.97. The molecule has 19 heavy (non-hydrogen) atoms. The van der Waals surface area contributed by atoms with Crippen LogP contribution in [0.1, 0.15) is 25.7 Å². The summed E-state index contributed by atoms with van der Waals surface area (Å²) in [5, 5.41) is 2.67. The lowest BCUT2D eigenvalue weighted by atomic mass is 10.2. The number of alkyl halides is 1.